The van der Waals surface area contributed by atoms with Crippen LogP contribution < -0.4 is 5.32 Å². The van der Waals surface area contributed by atoms with Gasteiger partial charge in [0, 0.05) is 25.6 Å². The van der Waals surface area contributed by atoms with Crippen LogP contribution in [0.3, 0.4) is 0 Å². The van der Waals surface area contributed by atoms with Gasteiger partial charge in [0.25, 0.3) is 0 Å². The van der Waals surface area contributed by atoms with E-state index < -0.39 is 0 Å². The Morgan fingerprint density at radius 2 is 1.94 bits per heavy atom. The van der Waals surface area contributed by atoms with Crippen LogP contribution in [0.5, 0.6) is 0 Å². The number of piperazine rings is 1. The Hall–Kier alpha value is -1.10. The van der Waals surface area contributed by atoms with Crippen LogP contribution in [-0.2, 0) is 9.59 Å². The smallest absolute Gasteiger partial charge is 0.241 e. The van der Waals surface area contributed by atoms with E-state index in [1.807, 2.05) is 6.92 Å². The first kappa shape index (κ1) is 12.4. The summed E-state index contributed by atoms with van der Waals surface area (Å²) in [6, 6.07) is 0. The van der Waals surface area contributed by atoms with Gasteiger partial charge in [0.2, 0.25) is 11.8 Å². The van der Waals surface area contributed by atoms with Crippen molar-refractivity contribution in [1.82, 2.24) is 15.1 Å². The standard InChI is InChI=1S/C12H21N3O2/c1-12(3-5-13-6-4-12)11(17)15-8-7-14(2)10(16)9-15/h13H,3-9H2,1-2H3. The lowest BCUT2D eigenvalue weighted by atomic mass is 9.79. The zero-order chi connectivity index (χ0) is 12.5. The summed E-state index contributed by atoms with van der Waals surface area (Å²) in [5.41, 5.74) is -0.276. The van der Waals surface area contributed by atoms with Gasteiger partial charge in [-0.1, -0.05) is 6.92 Å². The fourth-order valence-corrected chi connectivity index (χ4v) is 2.51. The highest BCUT2D eigenvalue weighted by Crippen LogP contribution is 2.30. The van der Waals surface area contributed by atoms with Crippen LogP contribution in [0.4, 0.5) is 0 Å². The van der Waals surface area contributed by atoms with E-state index in [0.29, 0.717) is 13.1 Å². The van der Waals surface area contributed by atoms with E-state index in [4.69, 9.17) is 0 Å². The molecule has 2 saturated heterocycles. The number of nitrogens with one attached hydrogen (secondary N) is 1. The lowest BCUT2D eigenvalue weighted by Crippen LogP contribution is -2.55. The largest absolute Gasteiger partial charge is 0.342 e. The van der Waals surface area contributed by atoms with E-state index in [2.05, 4.69) is 5.32 Å². The first-order chi connectivity index (χ1) is 8.03. The van der Waals surface area contributed by atoms with Gasteiger partial charge in [0.15, 0.2) is 0 Å². The van der Waals surface area contributed by atoms with Gasteiger partial charge >= 0.3 is 0 Å². The second-order valence-electron chi connectivity index (χ2n) is 5.35. The minimum absolute atomic E-state index is 0.0436. The summed E-state index contributed by atoms with van der Waals surface area (Å²) in [5.74, 6) is 0.197. The molecular weight excluding hydrogens is 218 g/mol. The highest BCUT2D eigenvalue weighted by atomic mass is 16.2. The molecule has 2 amide bonds. The quantitative estimate of drug-likeness (QED) is 0.682. The second kappa shape index (κ2) is 4.64. The van der Waals surface area contributed by atoms with Crippen LogP contribution in [0, 0.1) is 5.41 Å². The van der Waals surface area contributed by atoms with Gasteiger partial charge in [-0.05, 0) is 25.9 Å². The summed E-state index contributed by atoms with van der Waals surface area (Å²) in [4.78, 5) is 27.5. The highest BCUT2D eigenvalue weighted by molar-refractivity contribution is 5.88. The van der Waals surface area contributed by atoms with Gasteiger partial charge in [-0.25, -0.2) is 0 Å². The number of hydrogen-bond donors (Lipinski definition) is 1. The van der Waals surface area contributed by atoms with Crippen molar-refractivity contribution in [2.75, 3.05) is 39.8 Å². The molecule has 0 atom stereocenters. The number of amides is 2. The van der Waals surface area contributed by atoms with E-state index in [9.17, 15) is 9.59 Å². The predicted octanol–water partition coefficient (Wildman–Crippen LogP) is -0.323. The Kier molecular flexibility index (Phi) is 3.38. The van der Waals surface area contributed by atoms with Gasteiger partial charge < -0.3 is 15.1 Å². The van der Waals surface area contributed by atoms with Crippen LogP contribution >= 0.6 is 0 Å². The molecule has 2 aliphatic heterocycles. The van der Waals surface area contributed by atoms with Gasteiger partial charge in [-0.15, -0.1) is 0 Å². The third-order valence-electron chi connectivity index (χ3n) is 3.97. The van der Waals surface area contributed by atoms with Crippen molar-refractivity contribution in [2.24, 2.45) is 5.41 Å². The minimum Gasteiger partial charge on any atom is -0.342 e. The number of hydrogen-bond acceptors (Lipinski definition) is 3. The molecule has 5 heteroatoms. The zero-order valence-corrected chi connectivity index (χ0v) is 10.7. The number of piperidine rings is 1. The maximum Gasteiger partial charge on any atom is 0.241 e. The molecule has 17 heavy (non-hydrogen) atoms. The minimum atomic E-state index is -0.276. The summed E-state index contributed by atoms with van der Waals surface area (Å²) in [5, 5.41) is 3.27. The third-order valence-corrected chi connectivity index (χ3v) is 3.97. The molecule has 96 valence electrons. The van der Waals surface area contributed by atoms with E-state index in [1.165, 1.54) is 0 Å². The Balaban J connectivity index is 2.02. The summed E-state index contributed by atoms with van der Waals surface area (Å²) in [7, 11) is 1.79. The normalized spacial score (nSPS) is 24.9. The fourth-order valence-electron chi connectivity index (χ4n) is 2.51. The lowest BCUT2D eigenvalue weighted by molar-refractivity contribution is -0.151. The molecule has 0 aliphatic carbocycles. The van der Waals surface area contributed by atoms with Crippen LogP contribution in [0.25, 0.3) is 0 Å². The second-order valence-corrected chi connectivity index (χ2v) is 5.35. The van der Waals surface area contributed by atoms with Crippen molar-refractivity contribution in [3.8, 4) is 0 Å². The van der Waals surface area contributed by atoms with Gasteiger partial charge in [-0.3, -0.25) is 9.59 Å². The van der Waals surface area contributed by atoms with Crippen molar-refractivity contribution in [2.45, 2.75) is 19.8 Å². The molecule has 0 bridgehead atoms. The molecule has 1 N–H and O–H groups in total. The molecule has 0 unspecified atom stereocenters. The van der Waals surface area contributed by atoms with Crippen molar-refractivity contribution in [3.05, 3.63) is 0 Å². The predicted molar refractivity (Wildman–Crippen MR) is 64.4 cm³/mol. The number of carbonyl (C=O) groups excluding carboxylic acids is 2. The molecule has 0 radical (unpaired) electrons. The van der Waals surface area contributed by atoms with Gasteiger partial charge in [0.05, 0.1) is 6.54 Å². The van der Waals surface area contributed by atoms with Crippen molar-refractivity contribution in [3.63, 3.8) is 0 Å². The van der Waals surface area contributed by atoms with Crippen molar-refractivity contribution >= 4 is 11.8 Å². The van der Waals surface area contributed by atoms with Crippen molar-refractivity contribution < 1.29 is 9.59 Å². The summed E-state index contributed by atoms with van der Waals surface area (Å²) < 4.78 is 0. The van der Waals surface area contributed by atoms with E-state index in [1.54, 1.807) is 16.8 Å². The first-order valence-corrected chi connectivity index (χ1v) is 6.27. The highest BCUT2D eigenvalue weighted by Gasteiger charge is 2.39. The fraction of sp³-hybridized carbons (Fsp3) is 0.833. The maximum atomic E-state index is 12.5. The first-order valence-electron chi connectivity index (χ1n) is 6.27. The lowest BCUT2D eigenvalue weighted by Gasteiger charge is -2.40. The molecule has 0 aromatic heterocycles. The Bertz CT molecular complexity index is 324. The Morgan fingerprint density at radius 3 is 2.53 bits per heavy atom. The summed E-state index contributed by atoms with van der Waals surface area (Å²) in [6.45, 7) is 5.38. The molecular formula is C12H21N3O2. The SMILES string of the molecule is CN1CCN(C(=O)C2(C)CCNCC2)CC1=O. The Labute approximate surface area is 102 Å². The molecule has 0 saturated carbocycles. The number of nitrogens with zero attached hydrogens (tertiary/aromatic N) is 2. The van der Waals surface area contributed by atoms with E-state index >= 15 is 0 Å². The molecule has 2 rings (SSSR count). The molecule has 5 nitrogen and oxygen atoms in total. The number of carbonyl (C=O) groups is 2. The molecule has 2 fully saturated rings. The molecule has 0 aromatic rings. The summed E-state index contributed by atoms with van der Waals surface area (Å²) >= 11 is 0. The molecule has 2 heterocycles. The molecule has 0 spiro atoms. The van der Waals surface area contributed by atoms with Gasteiger partial charge in [-0.2, -0.15) is 0 Å². The topological polar surface area (TPSA) is 52.6 Å². The van der Waals surface area contributed by atoms with Crippen LogP contribution in [-0.4, -0.2) is 61.4 Å². The average Bonchev–Trinajstić information content (AvgIpc) is 2.33. The molecule has 0 aromatic carbocycles. The number of rotatable bonds is 1. The van der Waals surface area contributed by atoms with Gasteiger partial charge in [0.1, 0.15) is 0 Å². The maximum absolute atomic E-state index is 12.5. The van der Waals surface area contributed by atoms with Crippen molar-refractivity contribution in [1.29, 1.82) is 0 Å². The van der Waals surface area contributed by atoms with E-state index in [-0.39, 0.29) is 23.8 Å². The summed E-state index contributed by atoms with van der Waals surface area (Å²) in [6.07, 6.45) is 1.73. The monoisotopic (exact) mass is 239 g/mol. The molecule has 2 aliphatic rings. The Morgan fingerprint density at radius 1 is 1.29 bits per heavy atom. The third kappa shape index (κ3) is 2.44. The van der Waals surface area contributed by atoms with Crippen LogP contribution in [0.1, 0.15) is 19.8 Å². The van der Waals surface area contributed by atoms with Crippen LogP contribution in [0.2, 0.25) is 0 Å². The average molecular weight is 239 g/mol. The van der Waals surface area contributed by atoms with Crippen LogP contribution in [0.15, 0.2) is 0 Å². The van der Waals surface area contributed by atoms with E-state index in [0.717, 1.165) is 25.9 Å². The number of likely N-dealkylation sites (N-methyl/N-ethyl adjacent to an activating group) is 1. The zero-order valence-electron chi connectivity index (χ0n) is 10.7.